The number of rotatable bonds is 2. The predicted octanol–water partition coefficient (Wildman–Crippen LogP) is 1.84. The second-order valence-corrected chi connectivity index (χ2v) is 7.43. The zero-order chi connectivity index (χ0) is 24.7. The van der Waals surface area contributed by atoms with Crippen LogP contribution in [0, 0.1) is 0 Å². The van der Waals surface area contributed by atoms with Crippen LogP contribution in [0.15, 0.2) is 70.5 Å². The molecule has 0 spiro atoms. The van der Waals surface area contributed by atoms with Crippen LogP contribution in [0.1, 0.15) is 20.7 Å². The van der Waals surface area contributed by atoms with Crippen molar-refractivity contribution in [3.63, 3.8) is 0 Å². The Morgan fingerprint density at radius 2 is 1.26 bits per heavy atom. The number of ether oxygens (including phenoxy) is 1. The lowest BCUT2D eigenvalue weighted by molar-refractivity contribution is 0.0600. The first kappa shape index (κ1) is 21.6. The highest BCUT2D eigenvalue weighted by atomic mass is 16.5. The molecule has 0 atom stereocenters. The molecule has 6 rings (SSSR count). The Morgan fingerprint density at radius 3 is 1.74 bits per heavy atom. The molecule has 0 saturated carbocycles. The van der Waals surface area contributed by atoms with E-state index in [0.29, 0.717) is 33.1 Å². The first-order chi connectivity index (χ1) is 16.9. The number of aromatic nitrogens is 6. The number of hydrogen-bond donors (Lipinski definition) is 3. The lowest BCUT2D eigenvalue weighted by Crippen LogP contribution is -2.11. The average Bonchev–Trinajstić information content (AvgIpc) is 3.54. The summed E-state index contributed by atoms with van der Waals surface area (Å²) >= 11 is 0. The number of fused-ring (bicyclic) bond motifs is 6. The summed E-state index contributed by atoms with van der Waals surface area (Å²) in [6, 6.07) is 12.7. The molecule has 4 aromatic heterocycles. The third-order valence-electron chi connectivity index (χ3n) is 5.36. The van der Waals surface area contributed by atoms with E-state index in [9.17, 15) is 19.2 Å². The van der Waals surface area contributed by atoms with E-state index < -0.39 is 11.9 Å². The monoisotopic (exact) mass is 472 g/mol. The Morgan fingerprint density at radius 1 is 0.771 bits per heavy atom. The van der Waals surface area contributed by atoms with Gasteiger partial charge in [0, 0.05) is 0 Å². The quantitative estimate of drug-likeness (QED) is 0.321. The summed E-state index contributed by atoms with van der Waals surface area (Å²) in [6.07, 6.45) is 3.08. The second-order valence-electron chi connectivity index (χ2n) is 7.43. The highest BCUT2D eigenvalue weighted by Gasteiger charge is 2.10. The lowest BCUT2D eigenvalue weighted by atomic mass is 10.2. The first-order valence-corrected chi connectivity index (χ1v) is 10.2. The van der Waals surface area contributed by atoms with Gasteiger partial charge in [0.05, 0.1) is 52.7 Å². The fraction of sp³-hybridized carbons (Fsp3) is 0.0435. The van der Waals surface area contributed by atoms with E-state index in [-0.39, 0.29) is 16.7 Å². The van der Waals surface area contributed by atoms with Crippen molar-refractivity contribution < 1.29 is 19.4 Å². The molecule has 4 heterocycles. The van der Waals surface area contributed by atoms with Crippen LogP contribution in [-0.2, 0) is 4.74 Å². The molecule has 3 N–H and O–H groups in total. The summed E-state index contributed by atoms with van der Waals surface area (Å²) in [7, 11) is 1.31. The Balaban J connectivity index is 0.000000145. The van der Waals surface area contributed by atoms with Crippen LogP contribution in [0.5, 0.6) is 0 Å². The van der Waals surface area contributed by atoms with Gasteiger partial charge >= 0.3 is 11.9 Å². The van der Waals surface area contributed by atoms with Crippen molar-refractivity contribution in [2.24, 2.45) is 0 Å². The zero-order valence-corrected chi connectivity index (χ0v) is 18.1. The topological polar surface area (TPSA) is 164 Å². The molecule has 0 amide bonds. The van der Waals surface area contributed by atoms with Crippen LogP contribution in [0.2, 0.25) is 0 Å². The van der Waals surface area contributed by atoms with E-state index in [1.807, 2.05) is 0 Å². The van der Waals surface area contributed by atoms with Gasteiger partial charge in [-0.05, 0) is 48.5 Å². The van der Waals surface area contributed by atoms with E-state index in [4.69, 9.17) is 5.11 Å². The van der Waals surface area contributed by atoms with Crippen molar-refractivity contribution in [2.75, 3.05) is 7.11 Å². The van der Waals surface area contributed by atoms with Crippen LogP contribution >= 0.6 is 0 Å². The third kappa shape index (κ3) is 3.68. The molecule has 0 saturated heterocycles. The summed E-state index contributed by atoms with van der Waals surface area (Å²) in [5, 5.41) is 17.0. The van der Waals surface area contributed by atoms with Gasteiger partial charge in [-0.1, -0.05) is 0 Å². The number of carboxylic acid groups (broad SMARTS) is 1. The van der Waals surface area contributed by atoms with Crippen molar-refractivity contribution in [1.82, 2.24) is 29.2 Å². The number of H-pyrrole nitrogens is 2. The van der Waals surface area contributed by atoms with Crippen molar-refractivity contribution in [3.8, 4) is 0 Å². The number of aromatic carboxylic acids is 1. The number of nitrogens with one attached hydrogen (secondary N) is 2. The van der Waals surface area contributed by atoms with Gasteiger partial charge in [-0.15, -0.1) is 0 Å². The van der Waals surface area contributed by atoms with Gasteiger partial charge in [0.25, 0.3) is 11.1 Å². The Hall–Kier alpha value is -5.26. The predicted molar refractivity (Wildman–Crippen MR) is 125 cm³/mol. The average molecular weight is 472 g/mol. The van der Waals surface area contributed by atoms with Gasteiger partial charge in [0.15, 0.2) is 0 Å². The van der Waals surface area contributed by atoms with Gasteiger partial charge in [-0.2, -0.15) is 10.2 Å². The molecule has 0 bridgehead atoms. The molecule has 35 heavy (non-hydrogen) atoms. The Bertz CT molecular complexity index is 1890. The number of aromatic amines is 2. The molecular weight excluding hydrogens is 456 g/mol. The van der Waals surface area contributed by atoms with E-state index in [1.54, 1.807) is 42.6 Å². The maximum atomic E-state index is 11.8. The highest BCUT2D eigenvalue weighted by Crippen LogP contribution is 2.15. The molecule has 12 heteroatoms. The number of methoxy groups -OCH3 is 1. The Kier molecular flexibility index (Phi) is 5.09. The molecule has 0 unspecified atom stereocenters. The zero-order valence-electron chi connectivity index (χ0n) is 18.1. The standard InChI is InChI=1S/C12H9N3O3.C11H7N3O3/c1-18-12(17)7-2-3-9-8(6-7)14-11(16)10-4-5-13-15(9)10;15-10-9-3-4-12-14(9)8-2-1-6(11(16)17)5-7(8)13-10/h2-6H,1H3,(H,14,16);1-5H,(H,13,15)(H,16,17). The van der Waals surface area contributed by atoms with Crippen LogP contribution in [0.25, 0.3) is 33.1 Å². The number of hydrogen-bond acceptors (Lipinski definition) is 7. The van der Waals surface area contributed by atoms with Crippen LogP contribution in [-0.4, -0.2) is 53.4 Å². The molecule has 6 aromatic rings. The molecule has 0 aliphatic carbocycles. The van der Waals surface area contributed by atoms with Gasteiger partial charge in [0.2, 0.25) is 0 Å². The van der Waals surface area contributed by atoms with Crippen LogP contribution < -0.4 is 11.1 Å². The van der Waals surface area contributed by atoms with Crippen molar-refractivity contribution in [1.29, 1.82) is 0 Å². The van der Waals surface area contributed by atoms with E-state index >= 15 is 0 Å². The maximum Gasteiger partial charge on any atom is 0.337 e. The normalized spacial score (nSPS) is 11.0. The second kappa shape index (κ2) is 8.26. The van der Waals surface area contributed by atoms with Gasteiger partial charge in [-0.3, -0.25) is 9.59 Å². The minimum atomic E-state index is -1.03. The molecular formula is C23H16N6O6. The molecule has 2 aromatic carbocycles. The smallest absolute Gasteiger partial charge is 0.337 e. The summed E-state index contributed by atoms with van der Waals surface area (Å²) < 4.78 is 7.66. The summed E-state index contributed by atoms with van der Waals surface area (Å²) in [4.78, 5) is 51.0. The largest absolute Gasteiger partial charge is 0.478 e. The molecule has 0 aliphatic heterocycles. The molecule has 174 valence electrons. The van der Waals surface area contributed by atoms with Crippen molar-refractivity contribution >= 4 is 45.0 Å². The highest BCUT2D eigenvalue weighted by molar-refractivity contribution is 5.94. The van der Waals surface area contributed by atoms with E-state index in [2.05, 4.69) is 24.9 Å². The number of carboxylic acids is 1. The number of carbonyl (C=O) groups is 2. The SMILES string of the molecule is COC(=O)c1ccc2c(c1)[nH]c(=O)c1ccnn12.O=C(O)c1ccc2c(c1)[nH]c(=O)c1ccnn12. The fourth-order valence-electron chi connectivity index (χ4n) is 3.73. The minimum absolute atomic E-state index is 0.125. The van der Waals surface area contributed by atoms with Crippen LogP contribution in [0.3, 0.4) is 0 Å². The van der Waals surface area contributed by atoms with Gasteiger partial charge in [0.1, 0.15) is 11.0 Å². The first-order valence-electron chi connectivity index (χ1n) is 10.2. The maximum absolute atomic E-state index is 11.8. The number of benzene rings is 2. The minimum Gasteiger partial charge on any atom is -0.478 e. The number of esters is 1. The van der Waals surface area contributed by atoms with E-state index in [1.165, 1.54) is 34.5 Å². The summed E-state index contributed by atoms with van der Waals surface area (Å²) in [6.45, 7) is 0. The van der Waals surface area contributed by atoms with Gasteiger partial charge < -0.3 is 19.8 Å². The number of nitrogens with zero attached hydrogens (tertiary/aromatic N) is 4. The molecule has 0 aliphatic rings. The Labute approximate surface area is 194 Å². The van der Waals surface area contributed by atoms with Crippen LogP contribution in [0.4, 0.5) is 0 Å². The molecule has 0 radical (unpaired) electrons. The molecule has 12 nitrogen and oxygen atoms in total. The van der Waals surface area contributed by atoms with Crippen molar-refractivity contribution in [2.45, 2.75) is 0 Å². The van der Waals surface area contributed by atoms with Gasteiger partial charge in [-0.25, -0.2) is 18.6 Å². The summed E-state index contributed by atoms with van der Waals surface area (Å²) in [5.41, 5.74) is 3.24. The third-order valence-corrected chi connectivity index (χ3v) is 5.36. The molecule has 0 fully saturated rings. The van der Waals surface area contributed by atoms with E-state index in [0.717, 1.165) is 5.52 Å². The van der Waals surface area contributed by atoms with Crippen molar-refractivity contribution in [3.05, 3.63) is 92.8 Å². The fourth-order valence-corrected chi connectivity index (χ4v) is 3.73. The summed E-state index contributed by atoms with van der Waals surface area (Å²) in [5.74, 6) is -1.48. The lowest BCUT2D eigenvalue weighted by Gasteiger charge is -2.03. The number of carbonyl (C=O) groups excluding carboxylic acids is 1.